The van der Waals surface area contributed by atoms with E-state index in [1.54, 1.807) is 49.4 Å². The normalized spacial score (nSPS) is 12.0. The first-order chi connectivity index (χ1) is 18.0. The molecule has 0 saturated heterocycles. The van der Waals surface area contributed by atoms with E-state index >= 15 is 0 Å². The number of amides is 2. The lowest BCUT2D eigenvalue weighted by molar-refractivity contribution is -0.139. The van der Waals surface area contributed by atoms with Gasteiger partial charge in [-0.05, 0) is 61.4 Å². The predicted octanol–water partition coefficient (Wildman–Crippen LogP) is 5.79. The van der Waals surface area contributed by atoms with Crippen LogP contribution in [0.4, 0.5) is 5.69 Å². The summed E-state index contributed by atoms with van der Waals surface area (Å²) in [5.41, 5.74) is 0.766. The summed E-state index contributed by atoms with van der Waals surface area (Å²) in [5, 5.41) is 3.66. The van der Waals surface area contributed by atoms with Crippen LogP contribution in [0.5, 0.6) is 0 Å². The molecule has 3 aromatic carbocycles. The van der Waals surface area contributed by atoms with Crippen molar-refractivity contribution in [2.75, 3.05) is 17.4 Å². The van der Waals surface area contributed by atoms with Crippen molar-refractivity contribution in [1.29, 1.82) is 0 Å². The summed E-state index contributed by atoms with van der Waals surface area (Å²) in [5.74, 6) is -0.956. The summed E-state index contributed by atoms with van der Waals surface area (Å²) in [7, 11) is -4.24. The summed E-state index contributed by atoms with van der Waals surface area (Å²) in [6, 6.07) is 18.0. The van der Waals surface area contributed by atoms with E-state index in [1.165, 1.54) is 35.2 Å². The molecule has 0 aliphatic heterocycles. The molecule has 0 heterocycles. The van der Waals surface area contributed by atoms with Crippen molar-refractivity contribution >= 4 is 62.3 Å². The van der Waals surface area contributed by atoms with E-state index < -0.39 is 28.5 Å². The van der Waals surface area contributed by atoms with Crippen molar-refractivity contribution in [3.63, 3.8) is 0 Å². The third kappa shape index (κ3) is 7.41. The zero-order chi connectivity index (χ0) is 27.9. The highest BCUT2D eigenvalue weighted by molar-refractivity contribution is 7.92. The molecule has 0 radical (unpaired) electrons. The van der Waals surface area contributed by atoms with Gasteiger partial charge in [-0.2, -0.15) is 0 Å². The molecule has 202 valence electrons. The van der Waals surface area contributed by atoms with E-state index in [1.807, 2.05) is 6.92 Å². The van der Waals surface area contributed by atoms with Gasteiger partial charge in [0.2, 0.25) is 11.8 Å². The van der Waals surface area contributed by atoms with E-state index in [2.05, 4.69) is 5.32 Å². The number of carbonyl (C=O) groups is 2. The lowest BCUT2D eigenvalue weighted by atomic mass is 10.1. The van der Waals surface area contributed by atoms with Crippen LogP contribution >= 0.6 is 34.8 Å². The Morgan fingerprint density at radius 3 is 2.18 bits per heavy atom. The molecule has 0 aliphatic rings. The SMILES string of the molecule is CCCNC(=O)C(C)N(Cc1ccc(Cl)cc1)C(=O)CN(c1cc(Cl)ccc1Cl)S(=O)(=O)c1ccccc1. The molecule has 7 nitrogen and oxygen atoms in total. The van der Waals surface area contributed by atoms with Gasteiger partial charge in [-0.3, -0.25) is 13.9 Å². The number of rotatable bonds is 11. The first-order valence-corrected chi connectivity index (χ1v) is 14.5. The van der Waals surface area contributed by atoms with E-state index in [0.717, 1.165) is 16.3 Å². The van der Waals surface area contributed by atoms with Crippen molar-refractivity contribution in [2.45, 2.75) is 37.8 Å². The van der Waals surface area contributed by atoms with Crippen LogP contribution < -0.4 is 9.62 Å². The molecule has 0 aliphatic carbocycles. The van der Waals surface area contributed by atoms with E-state index in [-0.39, 0.29) is 33.1 Å². The van der Waals surface area contributed by atoms with Gasteiger partial charge in [-0.25, -0.2) is 8.42 Å². The van der Waals surface area contributed by atoms with Crippen molar-refractivity contribution in [3.05, 3.63) is 93.4 Å². The Hall–Kier alpha value is -2.78. The molecule has 0 saturated carbocycles. The smallest absolute Gasteiger partial charge is 0.264 e. The number of nitrogens with zero attached hydrogens (tertiary/aromatic N) is 2. The number of halogens is 3. The van der Waals surface area contributed by atoms with Gasteiger partial charge < -0.3 is 10.2 Å². The lowest BCUT2D eigenvalue weighted by Gasteiger charge is -2.32. The third-order valence-corrected chi connectivity index (χ3v) is 8.35. The molecule has 0 bridgehead atoms. The molecule has 1 N–H and O–H groups in total. The highest BCUT2D eigenvalue weighted by Crippen LogP contribution is 2.33. The van der Waals surface area contributed by atoms with Crippen molar-refractivity contribution in [2.24, 2.45) is 0 Å². The molecule has 3 rings (SSSR count). The third-order valence-electron chi connectivity index (χ3n) is 5.77. The maximum atomic E-state index is 13.8. The molecule has 0 fully saturated rings. The molecule has 2 amide bonds. The highest BCUT2D eigenvalue weighted by Gasteiger charge is 2.33. The van der Waals surface area contributed by atoms with Crippen LogP contribution in [-0.4, -0.2) is 44.3 Å². The van der Waals surface area contributed by atoms with E-state index in [0.29, 0.717) is 11.6 Å². The first kappa shape index (κ1) is 29.8. The van der Waals surface area contributed by atoms with Crippen LogP contribution in [-0.2, 0) is 26.2 Å². The zero-order valence-electron chi connectivity index (χ0n) is 20.9. The second-order valence-electron chi connectivity index (χ2n) is 8.54. The van der Waals surface area contributed by atoms with Gasteiger partial charge in [0.15, 0.2) is 0 Å². The summed E-state index contributed by atoms with van der Waals surface area (Å²) in [6.45, 7) is 3.40. The Balaban J connectivity index is 2.04. The molecular weight excluding hydrogens is 569 g/mol. The Morgan fingerprint density at radius 1 is 0.921 bits per heavy atom. The summed E-state index contributed by atoms with van der Waals surface area (Å²) < 4.78 is 28.4. The van der Waals surface area contributed by atoms with Crippen LogP contribution in [0.2, 0.25) is 15.1 Å². The fourth-order valence-corrected chi connectivity index (χ4v) is 5.68. The molecule has 0 spiro atoms. The monoisotopic (exact) mass is 595 g/mol. The van der Waals surface area contributed by atoms with Crippen molar-refractivity contribution < 1.29 is 18.0 Å². The topological polar surface area (TPSA) is 86.8 Å². The standard InChI is InChI=1S/C27H28Cl3N3O4S/c1-3-15-31-27(35)19(2)32(17-20-9-11-21(28)12-10-20)26(34)18-33(25-16-22(29)13-14-24(25)30)38(36,37)23-7-5-4-6-8-23/h4-14,16,19H,3,15,17-18H2,1-2H3,(H,31,35). The minimum atomic E-state index is -4.24. The van der Waals surface area contributed by atoms with E-state index in [4.69, 9.17) is 34.8 Å². The van der Waals surface area contributed by atoms with Gasteiger partial charge in [0.1, 0.15) is 12.6 Å². The summed E-state index contributed by atoms with van der Waals surface area (Å²) >= 11 is 18.6. The quantitative estimate of drug-likeness (QED) is 0.304. The average molecular weight is 597 g/mol. The first-order valence-electron chi connectivity index (χ1n) is 11.9. The van der Waals surface area contributed by atoms with Crippen LogP contribution in [0.1, 0.15) is 25.8 Å². The van der Waals surface area contributed by atoms with Crippen LogP contribution in [0.15, 0.2) is 77.7 Å². The van der Waals surface area contributed by atoms with Gasteiger partial charge in [0, 0.05) is 23.1 Å². The van der Waals surface area contributed by atoms with Gasteiger partial charge >= 0.3 is 0 Å². The number of nitrogens with one attached hydrogen (secondary N) is 1. The van der Waals surface area contributed by atoms with Crippen LogP contribution in [0.3, 0.4) is 0 Å². The highest BCUT2D eigenvalue weighted by atomic mass is 35.5. The fourth-order valence-electron chi connectivity index (χ4n) is 3.68. The van der Waals surface area contributed by atoms with Crippen molar-refractivity contribution in [3.8, 4) is 0 Å². The lowest BCUT2D eigenvalue weighted by Crippen LogP contribution is -2.51. The van der Waals surface area contributed by atoms with Crippen LogP contribution in [0, 0.1) is 0 Å². The largest absolute Gasteiger partial charge is 0.354 e. The molecule has 3 aromatic rings. The van der Waals surface area contributed by atoms with Crippen LogP contribution in [0.25, 0.3) is 0 Å². The molecule has 1 atom stereocenters. The number of anilines is 1. The second kappa shape index (κ2) is 13.3. The Kier molecular flexibility index (Phi) is 10.4. The number of hydrogen-bond donors (Lipinski definition) is 1. The molecule has 11 heteroatoms. The Labute approximate surface area is 238 Å². The maximum absolute atomic E-state index is 13.8. The van der Waals surface area contributed by atoms with E-state index in [9.17, 15) is 18.0 Å². The maximum Gasteiger partial charge on any atom is 0.264 e. The van der Waals surface area contributed by atoms with Gasteiger partial charge in [0.05, 0.1) is 15.6 Å². The zero-order valence-corrected chi connectivity index (χ0v) is 24.0. The number of hydrogen-bond acceptors (Lipinski definition) is 4. The van der Waals surface area contributed by atoms with Gasteiger partial charge in [-0.15, -0.1) is 0 Å². The summed E-state index contributed by atoms with van der Waals surface area (Å²) in [6.07, 6.45) is 0.722. The molecular formula is C27H28Cl3N3O4S. The number of sulfonamides is 1. The molecule has 1 unspecified atom stereocenters. The van der Waals surface area contributed by atoms with Gasteiger partial charge in [-0.1, -0.05) is 72.1 Å². The number of carbonyl (C=O) groups excluding carboxylic acids is 2. The Bertz CT molecular complexity index is 1370. The van der Waals surface area contributed by atoms with Gasteiger partial charge in [0.25, 0.3) is 10.0 Å². The molecule has 0 aromatic heterocycles. The Morgan fingerprint density at radius 2 is 1.55 bits per heavy atom. The average Bonchev–Trinajstić information content (AvgIpc) is 2.91. The predicted molar refractivity (Wildman–Crippen MR) is 152 cm³/mol. The fraction of sp³-hybridized carbons (Fsp3) is 0.259. The minimum absolute atomic E-state index is 0.0261. The summed E-state index contributed by atoms with van der Waals surface area (Å²) in [4.78, 5) is 28.0. The number of benzene rings is 3. The second-order valence-corrected chi connectivity index (χ2v) is 11.7. The minimum Gasteiger partial charge on any atom is -0.354 e. The molecule has 38 heavy (non-hydrogen) atoms. The van der Waals surface area contributed by atoms with Crippen molar-refractivity contribution in [1.82, 2.24) is 10.2 Å².